The number of nitrogens with one attached hydrogen (secondary N) is 2. The van der Waals surface area contributed by atoms with Gasteiger partial charge in [0, 0.05) is 13.1 Å². The third kappa shape index (κ3) is 4.73. The van der Waals surface area contributed by atoms with Gasteiger partial charge in [-0.15, -0.1) is 0 Å². The van der Waals surface area contributed by atoms with E-state index in [9.17, 15) is 9.59 Å². The fourth-order valence-corrected chi connectivity index (χ4v) is 2.11. The van der Waals surface area contributed by atoms with Crippen molar-refractivity contribution >= 4 is 12.0 Å². The molecular weight excluding hydrogens is 280 g/mol. The number of amides is 1. The second-order valence-corrected chi connectivity index (χ2v) is 4.95. The van der Waals surface area contributed by atoms with Gasteiger partial charge in [-0.25, -0.2) is 9.89 Å². The number of carbonyl (C=O) groups is 1. The molecule has 0 aliphatic carbocycles. The standard InChI is InChI=1S/C16H20N4O2/c1-2-10-20(11-6-9-13-7-4-3-5-8-13)15(21)12-14-17-16(22)19-18-14/h3-9H,2,10-12H2,1H3,(H2,17,18,19,22). The summed E-state index contributed by atoms with van der Waals surface area (Å²) in [5.74, 6) is 0.311. The van der Waals surface area contributed by atoms with Crippen molar-refractivity contribution in [2.24, 2.45) is 0 Å². The van der Waals surface area contributed by atoms with Gasteiger partial charge in [0.05, 0.1) is 6.42 Å². The number of hydrogen-bond donors (Lipinski definition) is 2. The molecule has 0 unspecified atom stereocenters. The number of rotatable bonds is 7. The lowest BCUT2D eigenvalue weighted by molar-refractivity contribution is -0.130. The van der Waals surface area contributed by atoms with Gasteiger partial charge in [0.2, 0.25) is 5.91 Å². The smallest absolute Gasteiger partial charge is 0.339 e. The Bertz CT molecular complexity index is 673. The summed E-state index contributed by atoms with van der Waals surface area (Å²) in [7, 11) is 0. The molecule has 0 radical (unpaired) electrons. The van der Waals surface area contributed by atoms with Gasteiger partial charge in [-0.1, -0.05) is 49.4 Å². The van der Waals surface area contributed by atoms with Crippen LogP contribution in [0.15, 0.2) is 41.2 Å². The van der Waals surface area contributed by atoms with Crippen molar-refractivity contribution in [2.45, 2.75) is 19.8 Å². The Labute approximate surface area is 128 Å². The first-order valence-electron chi connectivity index (χ1n) is 7.32. The number of H-pyrrole nitrogens is 2. The highest BCUT2D eigenvalue weighted by atomic mass is 16.2. The molecule has 2 aromatic rings. The van der Waals surface area contributed by atoms with Crippen LogP contribution in [0, 0.1) is 0 Å². The van der Waals surface area contributed by atoms with Gasteiger partial charge in [-0.2, -0.15) is 5.10 Å². The molecule has 0 aliphatic heterocycles. The van der Waals surface area contributed by atoms with Crippen LogP contribution in [0.4, 0.5) is 0 Å². The molecule has 2 N–H and O–H groups in total. The minimum Gasteiger partial charge on any atom is -0.339 e. The lowest BCUT2D eigenvalue weighted by Gasteiger charge is -2.19. The Kier molecular flexibility index (Phi) is 5.71. The topological polar surface area (TPSA) is 81.8 Å². The lowest BCUT2D eigenvalue weighted by Crippen LogP contribution is -2.33. The molecule has 0 bridgehead atoms. The van der Waals surface area contributed by atoms with E-state index in [1.807, 2.05) is 49.4 Å². The minimum absolute atomic E-state index is 0.0534. The van der Waals surface area contributed by atoms with Crippen LogP contribution >= 0.6 is 0 Å². The summed E-state index contributed by atoms with van der Waals surface area (Å²) < 4.78 is 0. The second kappa shape index (κ2) is 7.97. The SMILES string of the molecule is CCCN(CC=Cc1ccccc1)C(=O)Cc1n[nH]c(=O)[nH]1. The quantitative estimate of drug-likeness (QED) is 0.814. The second-order valence-electron chi connectivity index (χ2n) is 4.95. The highest BCUT2D eigenvalue weighted by Crippen LogP contribution is 2.03. The van der Waals surface area contributed by atoms with E-state index in [1.165, 1.54) is 0 Å². The summed E-state index contributed by atoms with van der Waals surface area (Å²) in [6, 6.07) is 9.94. The Balaban J connectivity index is 1.95. The van der Waals surface area contributed by atoms with Crippen LogP contribution in [0.1, 0.15) is 24.7 Å². The molecule has 6 nitrogen and oxygen atoms in total. The van der Waals surface area contributed by atoms with Gasteiger partial charge < -0.3 is 4.90 Å². The number of benzene rings is 1. The molecule has 1 aromatic carbocycles. The maximum atomic E-state index is 12.3. The normalized spacial score (nSPS) is 11.0. The van der Waals surface area contributed by atoms with E-state index in [4.69, 9.17) is 0 Å². The van der Waals surface area contributed by atoms with E-state index in [0.29, 0.717) is 18.9 Å². The van der Waals surface area contributed by atoms with E-state index in [2.05, 4.69) is 15.2 Å². The Morgan fingerprint density at radius 3 is 2.73 bits per heavy atom. The first-order valence-corrected chi connectivity index (χ1v) is 7.32. The predicted octanol–water partition coefficient (Wildman–Crippen LogP) is 1.59. The predicted molar refractivity (Wildman–Crippen MR) is 85.3 cm³/mol. The molecule has 0 fully saturated rings. The summed E-state index contributed by atoms with van der Waals surface area (Å²) in [4.78, 5) is 27.5. The largest absolute Gasteiger partial charge is 0.340 e. The molecule has 0 aliphatic rings. The minimum atomic E-state index is -0.395. The summed E-state index contributed by atoms with van der Waals surface area (Å²) >= 11 is 0. The van der Waals surface area contributed by atoms with Crippen LogP contribution in [-0.4, -0.2) is 39.1 Å². The summed E-state index contributed by atoms with van der Waals surface area (Å²) in [6.07, 6.45) is 4.93. The molecule has 1 heterocycles. The Morgan fingerprint density at radius 1 is 1.32 bits per heavy atom. The summed E-state index contributed by atoms with van der Waals surface area (Å²) in [5.41, 5.74) is 0.705. The highest BCUT2D eigenvalue weighted by Gasteiger charge is 2.13. The molecule has 0 atom stereocenters. The first-order chi connectivity index (χ1) is 10.7. The van der Waals surface area contributed by atoms with E-state index < -0.39 is 5.69 Å². The van der Waals surface area contributed by atoms with Crippen LogP contribution in [-0.2, 0) is 11.2 Å². The van der Waals surface area contributed by atoms with Crippen LogP contribution in [0.3, 0.4) is 0 Å². The number of hydrogen-bond acceptors (Lipinski definition) is 3. The average molecular weight is 300 g/mol. The van der Waals surface area contributed by atoms with Crippen molar-refractivity contribution in [1.82, 2.24) is 20.1 Å². The highest BCUT2D eigenvalue weighted by molar-refractivity contribution is 5.78. The van der Waals surface area contributed by atoms with Crippen molar-refractivity contribution in [1.29, 1.82) is 0 Å². The maximum Gasteiger partial charge on any atom is 0.340 e. The van der Waals surface area contributed by atoms with Gasteiger partial charge in [0.1, 0.15) is 5.82 Å². The lowest BCUT2D eigenvalue weighted by atomic mass is 10.2. The van der Waals surface area contributed by atoms with Crippen LogP contribution in [0.2, 0.25) is 0 Å². The van der Waals surface area contributed by atoms with Crippen molar-refractivity contribution in [2.75, 3.05) is 13.1 Å². The van der Waals surface area contributed by atoms with Crippen LogP contribution in [0.5, 0.6) is 0 Å². The zero-order valence-corrected chi connectivity index (χ0v) is 12.6. The fraction of sp³-hybridized carbons (Fsp3) is 0.312. The van der Waals surface area contributed by atoms with Crippen LogP contribution < -0.4 is 5.69 Å². The fourth-order valence-electron chi connectivity index (χ4n) is 2.11. The van der Waals surface area contributed by atoms with E-state index in [0.717, 1.165) is 12.0 Å². The first kappa shape index (κ1) is 15.8. The number of nitrogens with zero attached hydrogens (tertiary/aromatic N) is 2. The number of aromatic amines is 2. The Morgan fingerprint density at radius 2 is 2.09 bits per heavy atom. The third-order valence-electron chi connectivity index (χ3n) is 3.15. The van der Waals surface area contributed by atoms with Crippen molar-refractivity contribution < 1.29 is 4.79 Å². The molecule has 1 aromatic heterocycles. The van der Waals surface area contributed by atoms with E-state index >= 15 is 0 Å². The molecule has 116 valence electrons. The van der Waals surface area contributed by atoms with E-state index in [1.54, 1.807) is 4.90 Å². The van der Waals surface area contributed by atoms with Gasteiger partial charge in [-0.3, -0.25) is 9.78 Å². The molecule has 0 spiro atoms. The summed E-state index contributed by atoms with van der Waals surface area (Å²) in [6.45, 7) is 3.24. The molecule has 0 saturated heterocycles. The Hall–Kier alpha value is -2.63. The molecule has 22 heavy (non-hydrogen) atoms. The van der Waals surface area contributed by atoms with Gasteiger partial charge in [-0.05, 0) is 12.0 Å². The van der Waals surface area contributed by atoms with E-state index in [-0.39, 0.29) is 12.3 Å². The maximum absolute atomic E-state index is 12.3. The monoisotopic (exact) mass is 300 g/mol. The number of aromatic nitrogens is 3. The average Bonchev–Trinajstić information content (AvgIpc) is 2.92. The van der Waals surface area contributed by atoms with Crippen molar-refractivity contribution in [3.05, 3.63) is 58.3 Å². The van der Waals surface area contributed by atoms with Crippen LogP contribution in [0.25, 0.3) is 6.08 Å². The van der Waals surface area contributed by atoms with Gasteiger partial charge in [0.25, 0.3) is 0 Å². The molecule has 1 amide bonds. The summed E-state index contributed by atoms with van der Waals surface area (Å²) in [5, 5.41) is 6.03. The third-order valence-corrected chi connectivity index (χ3v) is 3.15. The van der Waals surface area contributed by atoms with Gasteiger partial charge >= 0.3 is 5.69 Å². The zero-order chi connectivity index (χ0) is 15.8. The van der Waals surface area contributed by atoms with Crippen molar-refractivity contribution in [3.8, 4) is 0 Å². The number of carbonyl (C=O) groups excluding carboxylic acids is 1. The zero-order valence-electron chi connectivity index (χ0n) is 12.6. The van der Waals surface area contributed by atoms with Gasteiger partial charge in [0.15, 0.2) is 0 Å². The molecule has 6 heteroatoms. The van der Waals surface area contributed by atoms with Crippen molar-refractivity contribution in [3.63, 3.8) is 0 Å². The molecular formula is C16H20N4O2. The molecule has 0 saturated carbocycles. The molecule has 2 rings (SSSR count).